The summed E-state index contributed by atoms with van der Waals surface area (Å²) in [6.07, 6.45) is -0.430. The average molecular weight is 301 g/mol. The normalized spacial score (nSPS) is 17.8. The summed E-state index contributed by atoms with van der Waals surface area (Å²) >= 11 is 0. The van der Waals surface area contributed by atoms with Crippen molar-refractivity contribution in [2.24, 2.45) is 11.8 Å². The van der Waals surface area contributed by atoms with E-state index >= 15 is 0 Å². The van der Waals surface area contributed by atoms with Gasteiger partial charge in [-0.15, -0.1) is 0 Å². The molecular weight excluding hydrogens is 274 g/mol. The Morgan fingerprint density at radius 2 is 1.62 bits per heavy atom. The number of esters is 2. The van der Waals surface area contributed by atoms with Crippen LogP contribution in [0.3, 0.4) is 0 Å². The minimum Gasteiger partial charge on any atom is -0.461 e. The van der Waals surface area contributed by atoms with Gasteiger partial charge in [-0.1, -0.05) is 27.7 Å². The Balaban J connectivity index is 2.51. The fourth-order valence-electron chi connectivity index (χ4n) is 1.84. The number of rotatable bonds is 7. The van der Waals surface area contributed by atoms with Crippen molar-refractivity contribution in [2.45, 2.75) is 33.8 Å². The van der Waals surface area contributed by atoms with E-state index in [1.54, 1.807) is 27.7 Å². The first-order chi connectivity index (χ1) is 9.90. The first-order valence-corrected chi connectivity index (χ1v) is 7.57. The zero-order chi connectivity index (χ0) is 15.8. The molecule has 1 fully saturated rings. The molecule has 0 N–H and O–H groups in total. The van der Waals surface area contributed by atoms with Crippen LogP contribution in [-0.4, -0.2) is 62.4 Å². The number of ether oxygens (including phenoxy) is 3. The molecule has 0 amide bonds. The molecule has 6 nitrogen and oxygen atoms in total. The molecule has 21 heavy (non-hydrogen) atoms. The molecule has 1 heterocycles. The molecule has 1 aliphatic heterocycles. The summed E-state index contributed by atoms with van der Waals surface area (Å²) in [5, 5.41) is 0. The molecule has 0 aliphatic carbocycles. The maximum absolute atomic E-state index is 11.8. The van der Waals surface area contributed by atoms with Gasteiger partial charge in [0.05, 0.1) is 25.0 Å². The van der Waals surface area contributed by atoms with E-state index in [1.165, 1.54) is 0 Å². The van der Waals surface area contributed by atoms with Crippen LogP contribution >= 0.6 is 0 Å². The van der Waals surface area contributed by atoms with Crippen molar-refractivity contribution in [1.29, 1.82) is 0 Å². The van der Waals surface area contributed by atoms with Crippen molar-refractivity contribution in [3.8, 4) is 0 Å². The van der Waals surface area contributed by atoms with Crippen LogP contribution < -0.4 is 0 Å². The Kier molecular flexibility index (Phi) is 7.67. The molecule has 0 aromatic carbocycles. The van der Waals surface area contributed by atoms with Crippen molar-refractivity contribution in [2.75, 3.05) is 39.5 Å². The number of carbonyl (C=O) groups excluding carboxylic acids is 2. The van der Waals surface area contributed by atoms with E-state index in [1.807, 2.05) is 0 Å². The molecular formula is C15H27NO5. The van der Waals surface area contributed by atoms with Gasteiger partial charge in [0, 0.05) is 19.6 Å². The summed E-state index contributed by atoms with van der Waals surface area (Å²) < 4.78 is 16.0. The lowest BCUT2D eigenvalue weighted by Crippen LogP contribution is -2.44. The maximum Gasteiger partial charge on any atom is 0.308 e. The van der Waals surface area contributed by atoms with Crippen molar-refractivity contribution in [3.63, 3.8) is 0 Å². The summed E-state index contributed by atoms with van der Waals surface area (Å²) in [4.78, 5) is 25.5. The van der Waals surface area contributed by atoms with E-state index in [0.717, 1.165) is 13.1 Å². The second-order valence-electron chi connectivity index (χ2n) is 5.91. The van der Waals surface area contributed by atoms with Crippen LogP contribution in [0.1, 0.15) is 27.7 Å². The molecule has 122 valence electrons. The third-order valence-electron chi connectivity index (χ3n) is 3.20. The highest BCUT2D eigenvalue weighted by molar-refractivity contribution is 5.72. The number of hydrogen-bond donors (Lipinski definition) is 0. The first-order valence-electron chi connectivity index (χ1n) is 7.57. The standard InChI is InChI=1S/C15H27NO5/c1-11(2)14(17)20-10-13(21-15(18)12(3)4)9-16-5-7-19-8-6-16/h11-13H,5-10H2,1-4H3. The van der Waals surface area contributed by atoms with Gasteiger partial charge in [-0.25, -0.2) is 0 Å². The summed E-state index contributed by atoms with van der Waals surface area (Å²) in [5.74, 6) is -0.927. The van der Waals surface area contributed by atoms with Crippen LogP contribution in [0.4, 0.5) is 0 Å². The number of nitrogens with zero attached hydrogens (tertiary/aromatic N) is 1. The SMILES string of the molecule is CC(C)C(=O)OCC(CN1CCOCC1)OC(=O)C(C)C. The van der Waals surface area contributed by atoms with Gasteiger partial charge in [0.1, 0.15) is 12.7 Å². The molecule has 6 heteroatoms. The summed E-state index contributed by atoms with van der Waals surface area (Å²) in [6, 6.07) is 0. The Morgan fingerprint density at radius 3 is 2.14 bits per heavy atom. The van der Waals surface area contributed by atoms with E-state index < -0.39 is 6.10 Å². The summed E-state index contributed by atoms with van der Waals surface area (Å²) in [7, 11) is 0. The van der Waals surface area contributed by atoms with Gasteiger partial charge in [-0.2, -0.15) is 0 Å². The van der Waals surface area contributed by atoms with E-state index in [-0.39, 0.29) is 30.4 Å². The summed E-state index contributed by atoms with van der Waals surface area (Å²) in [6.45, 7) is 10.7. The molecule has 1 aliphatic rings. The van der Waals surface area contributed by atoms with E-state index in [0.29, 0.717) is 19.8 Å². The highest BCUT2D eigenvalue weighted by Crippen LogP contribution is 2.07. The van der Waals surface area contributed by atoms with E-state index in [4.69, 9.17) is 14.2 Å². The van der Waals surface area contributed by atoms with Crippen LogP contribution in [-0.2, 0) is 23.8 Å². The van der Waals surface area contributed by atoms with Crippen molar-refractivity contribution < 1.29 is 23.8 Å². The molecule has 0 aromatic heterocycles. The fraction of sp³-hybridized carbons (Fsp3) is 0.867. The zero-order valence-corrected chi connectivity index (χ0v) is 13.5. The van der Waals surface area contributed by atoms with Crippen LogP contribution in [0.5, 0.6) is 0 Å². The maximum atomic E-state index is 11.8. The Labute approximate surface area is 126 Å². The van der Waals surface area contributed by atoms with Gasteiger partial charge in [-0.3, -0.25) is 14.5 Å². The van der Waals surface area contributed by atoms with Crippen molar-refractivity contribution in [3.05, 3.63) is 0 Å². The summed E-state index contributed by atoms with van der Waals surface area (Å²) in [5.41, 5.74) is 0. The fourth-order valence-corrected chi connectivity index (χ4v) is 1.84. The van der Waals surface area contributed by atoms with Gasteiger partial charge in [0.2, 0.25) is 0 Å². The number of hydrogen-bond acceptors (Lipinski definition) is 6. The lowest BCUT2D eigenvalue weighted by Gasteiger charge is -2.30. The highest BCUT2D eigenvalue weighted by Gasteiger charge is 2.23. The number of carbonyl (C=O) groups is 2. The Morgan fingerprint density at radius 1 is 1.05 bits per heavy atom. The lowest BCUT2D eigenvalue weighted by molar-refractivity contribution is -0.164. The average Bonchev–Trinajstić information content (AvgIpc) is 2.45. The van der Waals surface area contributed by atoms with Gasteiger partial charge >= 0.3 is 11.9 Å². The Hall–Kier alpha value is -1.14. The predicted octanol–water partition coefficient (Wildman–Crippen LogP) is 1.09. The molecule has 1 atom stereocenters. The first kappa shape index (κ1) is 17.9. The van der Waals surface area contributed by atoms with Crippen molar-refractivity contribution in [1.82, 2.24) is 4.90 Å². The van der Waals surface area contributed by atoms with Gasteiger partial charge < -0.3 is 14.2 Å². The number of morpholine rings is 1. The minimum atomic E-state index is -0.430. The quantitative estimate of drug-likeness (QED) is 0.656. The van der Waals surface area contributed by atoms with Gasteiger partial charge in [-0.05, 0) is 0 Å². The van der Waals surface area contributed by atoms with Crippen LogP contribution in [0.15, 0.2) is 0 Å². The smallest absolute Gasteiger partial charge is 0.308 e. The van der Waals surface area contributed by atoms with E-state index in [9.17, 15) is 9.59 Å². The predicted molar refractivity (Wildman–Crippen MR) is 77.8 cm³/mol. The van der Waals surface area contributed by atoms with Crippen LogP contribution in [0.2, 0.25) is 0 Å². The van der Waals surface area contributed by atoms with E-state index in [2.05, 4.69) is 4.90 Å². The second-order valence-corrected chi connectivity index (χ2v) is 5.91. The molecule has 1 rings (SSSR count). The topological polar surface area (TPSA) is 65.1 Å². The third-order valence-corrected chi connectivity index (χ3v) is 3.20. The molecule has 0 spiro atoms. The minimum absolute atomic E-state index is 0.104. The largest absolute Gasteiger partial charge is 0.461 e. The molecule has 0 bridgehead atoms. The molecule has 1 saturated heterocycles. The van der Waals surface area contributed by atoms with Crippen LogP contribution in [0.25, 0.3) is 0 Å². The molecule has 0 radical (unpaired) electrons. The third kappa shape index (κ3) is 6.91. The van der Waals surface area contributed by atoms with Crippen LogP contribution in [0, 0.1) is 11.8 Å². The molecule has 0 aromatic rings. The lowest BCUT2D eigenvalue weighted by atomic mass is 10.2. The Bertz CT molecular complexity index is 337. The van der Waals surface area contributed by atoms with Gasteiger partial charge in [0.15, 0.2) is 0 Å². The molecule has 0 saturated carbocycles. The monoisotopic (exact) mass is 301 g/mol. The molecule has 1 unspecified atom stereocenters. The zero-order valence-electron chi connectivity index (χ0n) is 13.5. The highest BCUT2D eigenvalue weighted by atomic mass is 16.6. The van der Waals surface area contributed by atoms with Gasteiger partial charge in [0.25, 0.3) is 0 Å². The van der Waals surface area contributed by atoms with Crippen molar-refractivity contribution >= 4 is 11.9 Å². The second kappa shape index (κ2) is 9.00.